The number of rotatable bonds is 6. The fraction of sp³-hybridized carbons (Fsp3) is 0.211. The molecule has 0 fully saturated rings. The topological polar surface area (TPSA) is 64.0 Å². The molecule has 0 bridgehead atoms. The maximum Gasteiger partial charge on any atom is 0.265 e. The van der Waals surface area contributed by atoms with Crippen LogP contribution in [-0.2, 0) is 22.8 Å². The summed E-state index contributed by atoms with van der Waals surface area (Å²) in [6.45, 7) is 3.46. The van der Waals surface area contributed by atoms with Crippen molar-refractivity contribution in [3.8, 4) is 0 Å². The van der Waals surface area contributed by atoms with Gasteiger partial charge in [0.2, 0.25) is 0 Å². The monoisotopic (exact) mass is 387 g/mol. The maximum absolute atomic E-state index is 12.9. The highest BCUT2D eigenvalue weighted by Crippen LogP contribution is 2.32. The summed E-state index contributed by atoms with van der Waals surface area (Å²) in [6, 6.07) is 17.5. The molecule has 0 saturated heterocycles. The Bertz CT molecular complexity index is 1010. The van der Waals surface area contributed by atoms with E-state index in [0.717, 1.165) is 10.6 Å². The van der Waals surface area contributed by atoms with Crippen molar-refractivity contribution in [3.05, 3.63) is 71.5 Å². The van der Waals surface area contributed by atoms with Gasteiger partial charge in [-0.3, -0.25) is 9.40 Å². The van der Waals surface area contributed by atoms with Gasteiger partial charge in [0.05, 0.1) is 17.1 Å². The molecule has 7 heteroatoms. The molecule has 2 aromatic carbocycles. The maximum atomic E-state index is 12.9. The van der Waals surface area contributed by atoms with Crippen LogP contribution in [0.15, 0.2) is 64.4 Å². The highest BCUT2D eigenvalue weighted by atomic mass is 32.2. The summed E-state index contributed by atoms with van der Waals surface area (Å²) in [6.07, 6.45) is 0. The number of anilines is 1. The van der Waals surface area contributed by atoms with Crippen LogP contribution in [0, 0.1) is 13.8 Å². The number of aryl methyl sites for hydroxylation is 2. The summed E-state index contributed by atoms with van der Waals surface area (Å²) >= 11 is 1.60. The molecule has 0 saturated carbocycles. The Morgan fingerprint density at radius 2 is 1.69 bits per heavy atom. The van der Waals surface area contributed by atoms with Gasteiger partial charge in [-0.05, 0) is 31.5 Å². The second-order valence-electron chi connectivity index (χ2n) is 6.00. The van der Waals surface area contributed by atoms with Crippen LogP contribution < -0.4 is 4.72 Å². The van der Waals surface area contributed by atoms with Gasteiger partial charge in [0.25, 0.3) is 10.0 Å². The molecule has 0 radical (unpaired) electrons. The molecule has 1 N–H and O–H groups in total. The van der Waals surface area contributed by atoms with Gasteiger partial charge in [0.1, 0.15) is 4.90 Å². The van der Waals surface area contributed by atoms with Crippen LogP contribution in [0.3, 0.4) is 0 Å². The van der Waals surface area contributed by atoms with E-state index < -0.39 is 10.0 Å². The standard InChI is InChI=1S/C19H21N3O2S2/c1-14-19(15(2)22(3)20-14)26(23,24)21-17-11-7-8-12-18(17)25-13-16-9-5-4-6-10-16/h4-12,21H,13H2,1-3H3. The van der Waals surface area contributed by atoms with Gasteiger partial charge >= 0.3 is 0 Å². The molecule has 0 aliphatic rings. The number of nitrogens with one attached hydrogen (secondary N) is 1. The summed E-state index contributed by atoms with van der Waals surface area (Å²) < 4.78 is 30.1. The molecule has 136 valence electrons. The lowest BCUT2D eigenvalue weighted by atomic mass is 10.2. The van der Waals surface area contributed by atoms with Crippen LogP contribution in [0.2, 0.25) is 0 Å². The van der Waals surface area contributed by atoms with E-state index in [1.807, 2.05) is 36.4 Å². The Hall–Kier alpha value is -2.25. The molecule has 0 aliphatic carbocycles. The molecule has 0 unspecified atom stereocenters. The number of aromatic nitrogens is 2. The minimum absolute atomic E-state index is 0.239. The lowest BCUT2D eigenvalue weighted by Crippen LogP contribution is -2.15. The number of hydrogen-bond acceptors (Lipinski definition) is 4. The van der Waals surface area contributed by atoms with Gasteiger partial charge in [-0.1, -0.05) is 42.5 Å². The van der Waals surface area contributed by atoms with Crippen LogP contribution >= 0.6 is 11.8 Å². The third kappa shape index (κ3) is 3.94. The summed E-state index contributed by atoms with van der Waals surface area (Å²) in [5.41, 5.74) is 2.88. The van der Waals surface area contributed by atoms with Gasteiger partial charge in [-0.15, -0.1) is 11.8 Å². The van der Waals surface area contributed by atoms with Crippen molar-refractivity contribution in [2.75, 3.05) is 4.72 Å². The number of para-hydroxylation sites is 1. The molecule has 1 aromatic heterocycles. The van der Waals surface area contributed by atoms with Gasteiger partial charge in [0, 0.05) is 17.7 Å². The lowest BCUT2D eigenvalue weighted by molar-refractivity contribution is 0.599. The molecule has 3 aromatic rings. The molecular formula is C19H21N3O2S2. The molecule has 0 amide bonds. The highest BCUT2D eigenvalue weighted by Gasteiger charge is 2.24. The van der Waals surface area contributed by atoms with Crippen LogP contribution in [0.4, 0.5) is 5.69 Å². The van der Waals surface area contributed by atoms with E-state index in [-0.39, 0.29) is 4.90 Å². The van der Waals surface area contributed by atoms with E-state index >= 15 is 0 Å². The zero-order valence-corrected chi connectivity index (χ0v) is 16.6. The second-order valence-corrected chi connectivity index (χ2v) is 8.64. The normalized spacial score (nSPS) is 11.5. The Balaban J connectivity index is 1.86. The average molecular weight is 388 g/mol. The summed E-state index contributed by atoms with van der Waals surface area (Å²) in [4.78, 5) is 1.13. The third-order valence-corrected chi connectivity index (χ3v) is 6.84. The first-order valence-corrected chi connectivity index (χ1v) is 10.6. The number of nitrogens with zero attached hydrogens (tertiary/aromatic N) is 2. The van der Waals surface area contributed by atoms with Crippen LogP contribution in [-0.4, -0.2) is 18.2 Å². The number of hydrogen-bond donors (Lipinski definition) is 1. The van der Waals surface area contributed by atoms with Crippen molar-refractivity contribution < 1.29 is 8.42 Å². The predicted octanol–water partition coefficient (Wildman–Crippen LogP) is 4.13. The molecule has 26 heavy (non-hydrogen) atoms. The molecule has 0 atom stereocenters. The van der Waals surface area contributed by atoms with E-state index in [1.54, 1.807) is 43.4 Å². The fourth-order valence-electron chi connectivity index (χ4n) is 2.75. The van der Waals surface area contributed by atoms with E-state index in [1.165, 1.54) is 5.56 Å². The van der Waals surface area contributed by atoms with Crippen molar-refractivity contribution >= 4 is 27.5 Å². The molecule has 3 rings (SSSR count). The predicted molar refractivity (Wildman–Crippen MR) is 106 cm³/mol. The van der Waals surface area contributed by atoms with E-state index in [0.29, 0.717) is 17.1 Å². The van der Waals surface area contributed by atoms with Gasteiger partial charge < -0.3 is 0 Å². The Labute approximate surface area is 158 Å². The van der Waals surface area contributed by atoms with Crippen molar-refractivity contribution in [3.63, 3.8) is 0 Å². The van der Waals surface area contributed by atoms with E-state index in [9.17, 15) is 8.42 Å². The zero-order chi connectivity index (χ0) is 18.7. The number of thioether (sulfide) groups is 1. The fourth-order valence-corrected chi connectivity index (χ4v) is 5.30. The zero-order valence-electron chi connectivity index (χ0n) is 14.9. The van der Waals surface area contributed by atoms with Crippen molar-refractivity contribution in [2.24, 2.45) is 7.05 Å². The minimum atomic E-state index is -3.71. The summed E-state index contributed by atoms with van der Waals surface area (Å²) in [5, 5.41) is 4.21. The van der Waals surface area contributed by atoms with Crippen molar-refractivity contribution in [1.29, 1.82) is 0 Å². The first kappa shape index (κ1) is 18.5. The third-order valence-electron chi connectivity index (χ3n) is 4.08. The second kappa shape index (κ2) is 7.55. The van der Waals surface area contributed by atoms with Crippen LogP contribution in [0.1, 0.15) is 17.0 Å². The van der Waals surface area contributed by atoms with Crippen molar-refractivity contribution in [1.82, 2.24) is 9.78 Å². The van der Waals surface area contributed by atoms with Crippen LogP contribution in [0.5, 0.6) is 0 Å². The Morgan fingerprint density at radius 3 is 2.35 bits per heavy atom. The van der Waals surface area contributed by atoms with Crippen LogP contribution in [0.25, 0.3) is 0 Å². The lowest BCUT2D eigenvalue weighted by Gasteiger charge is -2.12. The molecule has 1 heterocycles. The molecule has 0 aliphatic heterocycles. The van der Waals surface area contributed by atoms with E-state index in [2.05, 4.69) is 22.0 Å². The largest absolute Gasteiger partial charge is 0.278 e. The van der Waals surface area contributed by atoms with Gasteiger partial charge in [-0.2, -0.15) is 5.10 Å². The summed E-state index contributed by atoms with van der Waals surface area (Å²) in [7, 11) is -1.96. The SMILES string of the molecule is Cc1nn(C)c(C)c1S(=O)(=O)Nc1ccccc1SCc1ccccc1. The number of sulfonamides is 1. The first-order valence-electron chi connectivity index (χ1n) is 8.17. The molecule has 5 nitrogen and oxygen atoms in total. The number of benzene rings is 2. The molecule has 0 spiro atoms. The molecular weight excluding hydrogens is 366 g/mol. The Morgan fingerprint density at radius 1 is 1.04 bits per heavy atom. The van der Waals surface area contributed by atoms with Gasteiger partial charge in [0.15, 0.2) is 0 Å². The summed E-state index contributed by atoms with van der Waals surface area (Å²) in [5.74, 6) is 0.768. The highest BCUT2D eigenvalue weighted by molar-refractivity contribution is 7.98. The average Bonchev–Trinajstić information content (AvgIpc) is 2.87. The van der Waals surface area contributed by atoms with Gasteiger partial charge in [-0.25, -0.2) is 8.42 Å². The Kier molecular flexibility index (Phi) is 5.38. The minimum Gasteiger partial charge on any atom is -0.278 e. The quantitative estimate of drug-likeness (QED) is 0.646. The van der Waals surface area contributed by atoms with E-state index in [4.69, 9.17) is 0 Å². The first-order chi connectivity index (χ1) is 12.4. The van der Waals surface area contributed by atoms with Crippen molar-refractivity contribution in [2.45, 2.75) is 29.4 Å². The smallest absolute Gasteiger partial charge is 0.265 e.